The number of hydrogen-bond acceptors (Lipinski definition) is 9. The van der Waals surface area contributed by atoms with Gasteiger partial charge in [-0.3, -0.25) is 24.0 Å². The van der Waals surface area contributed by atoms with Crippen LogP contribution in [0.15, 0.2) is 12.2 Å². The third kappa shape index (κ3) is 21.7. The van der Waals surface area contributed by atoms with Crippen molar-refractivity contribution in [2.24, 2.45) is 52.3 Å². The molecule has 13 heteroatoms. The number of aliphatic hydroxyl groups is 1. The maximum absolute atomic E-state index is 14.1. The maximum atomic E-state index is 14.1. The molecule has 0 spiro atoms. The largest absolute Gasteiger partial charge is 0.396 e. The van der Waals surface area contributed by atoms with Gasteiger partial charge in [0.15, 0.2) is 5.78 Å². The fourth-order valence-electron chi connectivity index (χ4n) is 16.0. The van der Waals surface area contributed by atoms with E-state index in [2.05, 4.69) is 50.5 Å². The van der Waals surface area contributed by atoms with Crippen molar-refractivity contribution in [3.63, 3.8) is 0 Å². The SMILES string of the molecule is CCCCCCCC/C=C\CCCCCCCC(=O)N[C@H]1CC[C@@]2(C)C(CCC3C2CC[C@@]2(C)C3CC[C@@H]2[C@H](C)CCC(=O)N(CC(=O)CCCCCCC(=O)N2C[C@H](CO)C[C@H]2COC)CC(=O)NCCOCCOCC)C1. The molecule has 1 aliphatic heterocycles. The number of fused-ring (bicyclic) bond motifs is 5. The predicted octanol–water partition coefficient (Wildman–Crippen LogP) is 12.3. The summed E-state index contributed by atoms with van der Waals surface area (Å²) >= 11 is 0. The van der Waals surface area contributed by atoms with Crippen molar-refractivity contribution < 1.29 is 43.3 Å². The number of ether oxygens (including phenoxy) is 3. The number of aliphatic hydroxyl groups excluding tert-OH is 1. The minimum Gasteiger partial charge on any atom is -0.396 e. The van der Waals surface area contributed by atoms with Crippen LogP contribution in [0.4, 0.5) is 0 Å². The third-order valence-corrected chi connectivity index (χ3v) is 20.5. The van der Waals surface area contributed by atoms with E-state index in [4.69, 9.17) is 14.2 Å². The molecule has 5 aliphatic rings. The van der Waals surface area contributed by atoms with E-state index in [9.17, 15) is 29.1 Å². The normalized spacial score (nSPS) is 27.8. The van der Waals surface area contributed by atoms with Gasteiger partial charge < -0.3 is 39.8 Å². The smallest absolute Gasteiger partial charge is 0.239 e. The van der Waals surface area contributed by atoms with Crippen LogP contribution in [-0.4, -0.2) is 129 Å². The first-order valence-corrected chi connectivity index (χ1v) is 32.8. The Kier molecular flexibility index (Phi) is 31.1. The summed E-state index contributed by atoms with van der Waals surface area (Å²) in [6.45, 7) is 14.8. The van der Waals surface area contributed by atoms with Gasteiger partial charge in [0.05, 0.1) is 45.6 Å². The van der Waals surface area contributed by atoms with Gasteiger partial charge in [-0.1, -0.05) is 104 Å². The van der Waals surface area contributed by atoms with E-state index in [0.717, 1.165) is 69.6 Å². The lowest BCUT2D eigenvalue weighted by Crippen LogP contribution is -2.55. The van der Waals surface area contributed by atoms with E-state index in [-0.39, 0.29) is 66.5 Å². The highest BCUT2D eigenvalue weighted by Gasteiger charge is 2.60. The van der Waals surface area contributed by atoms with Crippen molar-refractivity contribution >= 4 is 29.4 Å². The maximum Gasteiger partial charge on any atom is 0.239 e. The van der Waals surface area contributed by atoms with Crippen LogP contribution in [0.5, 0.6) is 0 Å². The van der Waals surface area contributed by atoms with Crippen LogP contribution in [0.25, 0.3) is 0 Å². The van der Waals surface area contributed by atoms with Crippen LogP contribution in [-0.2, 0) is 38.2 Å². The molecule has 0 bridgehead atoms. The van der Waals surface area contributed by atoms with E-state index in [0.29, 0.717) is 113 Å². The van der Waals surface area contributed by atoms with Crippen molar-refractivity contribution in [2.45, 2.75) is 252 Å². The molecule has 5 fully saturated rings. The molecule has 79 heavy (non-hydrogen) atoms. The van der Waals surface area contributed by atoms with Gasteiger partial charge in [-0.2, -0.15) is 0 Å². The van der Waals surface area contributed by atoms with Crippen LogP contribution in [0.2, 0.25) is 0 Å². The van der Waals surface area contributed by atoms with Crippen molar-refractivity contribution in [1.82, 2.24) is 20.4 Å². The molecule has 4 amide bonds. The van der Waals surface area contributed by atoms with E-state index in [1.807, 2.05) is 11.8 Å². The number of carbonyl (C=O) groups is 5. The zero-order valence-electron chi connectivity index (χ0n) is 51.2. The Hall–Kier alpha value is -2.87. The topological polar surface area (TPSA) is 164 Å². The number of amides is 4. The Morgan fingerprint density at radius 3 is 2.06 bits per heavy atom. The molecule has 4 unspecified atom stereocenters. The van der Waals surface area contributed by atoms with Gasteiger partial charge in [-0.25, -0.2) is 0 Å². The van der Waals surface area contributed by atoms with Crippen LogP contribution < -0.4 is 10.6 Å². The summed E-state index contributed by atoms with van der Waals surface area (Å²) in [6, 6.07) is 0.321. The zero-order chi connectivity index (χ0) is 56.9. The molecule has 3 N–H and O–H groups in total. The number of methoxy groups -OCH3 is 1. The Bertz CT molecular complexity index is 1810. The van der Waals surface area contributed by atoms with Crippen molar-refractivity contribution in [3.05, 3.63) is 12.2 Å². The zero-order valence-corrected chi connectivity index (χ0v) is 51.2. The number of unbranched alkanes of at least 4 members (excludes halogenated alkanes) is 14. The number of Topliss-reactive ketones (excluding diaryl/α,β-unsaturated/α-hetero) is 1. The number of nitrogens with zero attached hydrogens (tertiary/aromatic N) is 2. The monoisotopic (exact) mass is 1110 g/mol. The van der Waals surface area contributed by atoms with Crippen molar-refractivity contribution in [3.8, 4) is 0 Å². The Balaban J connectivity index is 1.02. The Morgan fingerprint density at radius 2 is 1.35 bits per heavy atom. The van der Waals surface area contributed by atoms with Gasteiger partial charge in [0.2, 0.25) is 23.6 Å². The van der Waals surface area contributed by atoms with Gasteiger partial charge in [0, 0.05) is 71.1 Å². The van der Waals surface area contributed by atoms with E-state index < -0.39 is 0 Å². The first kappa shape index (κ1) is 66.9. The number of likely N-dealkylation sites (tertiary alicyclic amines) is 1. The highest BCUT2D eigenvalue weighted by molar-refractivity contribution is 5.89. The van der Waals surface area contributed by atoms with E-state index >= 15 is 0 Å². The summed E-state index contributed by atoms with van der Waals surface area (Å²) in [5.74, 6) is 3.73. The lowest BCUT2D eigenvalue weighted by atomic mass is 9.44. The highest BCUT2D eigenvalue weighted by Crippen LogP contribution is 2.68. The number of carbonyl (C=O) groups excluding carboxylic acids is 5. The highest BCUT2D eigenvalue weighted by atomic mass is 16.5. The van der Waals surface area contributed by atoms with Gasteiger partial charge in [-0.05, 0) is 169 Å². The van der Waals surface area contributed by atoms with Gasteiger partial charge >= 0.3 is 0 Å². The first-order valence-electron chi connectivity index (χ1n) is 32.8. The second kappa shape index (κ2) is 36.7. The molecule has 1 saturated heterocycles. The van der Waals surface area contributed by atoms with Crippen LogP contribution in [0, 0.1) is 52.3 Å². The molecule has 0 aromatic rings. The molecule has 4 aliphatic carbocycles. The average molecular weight is 1110 g/mol. The van der Waals surface area contributed by atoms with Gasteiger partial charge in [0.1, 0.15) is 0 Å². The molecule has 0 aromatic carbocycles. The Morgan fingerprint density at radius 1 is 0.696 bits per heavy atom. The number of ketones is 1. The molecule has 5 rings (SSSR count). The summed E-state index contributed by atoms with van der Waals surface area (Å²) in [6.07, 6.45) is 38.5. The van der Waals surface area contributed by atoms with Crippen LogP contribution in [0.1, 0.15) is 240 Å². The molecule has 4 saturated carbocycles. The predicted molar refractivity (Wildman–Crippen MR) is 317 cm³/mol. The molecular formula is C66H116N4O9. The second-order valence-electron chi connectivity index (χ2n) is 26.1. The van der Waals surface area contributed by atoms with E-state index in [1.165, 1.54) is 120 Å². The van der Waals surface area contributed by atoms with Crippen molar-refractivity contribution in [1.29, 1.82) is 0 Å². The number of hydrogen-bond donors (Lipinski definition) is 3. The molecule has 0 aromatic heterocycles. The summed E-state index contributed by atoms with van der Waals surface area (Å²) in [4.78, 5) is 70.4. The Labute approximate surface area is 480 Å². The number of allylic oxidation sites excluding steroid dienone is 2. The minimum atomic E-state index is -0.295. The fourth-order valence-corrected chi connectivity index (χ4v) is 16.0. The van der Waals surface area contributed by atoms with Gasteiger partial charge in [-0.15, -0.1) is 0 Å². The summed E-state index contributed by atoms with van der Waals surface area (Å²) in [5, 5.41) is 16.1. The molecule has 1 heterocycles. The summed E-state index contributed by atoms with van der Waals surface area (Å²) < 4.78 is 16.2. The first-order chi connectivity index (χ1) is 38.3. The van der Waals surface area contributed by atoms with Crippen LogP contribution >= 0.6 is 0 Å². The van der Waals surface area contributed by atoms with Gasteiger partial charge in [0.25, 0.3) is 0 Å². The number of nitrogens with one attached hydrogen (secondary N) is 2. The van der Waals surface area contributed by atoms with Crippen LogP contribution in [0.3, 0.4) is 0 Å². The molecule has 0 radical (unpaired) electrons. The quantitative estimate of drug-likeness (QED) is 0.0399. The summed E-state index contributed by atoms with van der Waals surface area (Å²) in [5.41, 5.74) is 0.586. The number of rotatable bonds is 41. The lowest BCUT2D eigenvalue weighted by Gasteiger charge is -2.61. The minimum absolute atomic E-state index is 0.00610. The molecule has 11 atom stereocenters. The molecule has 454 valence electrons. The average Bonchev–Trinajstić information content (AvgIpc) is 4.24. The molecular weight excluding hydrogens is 993 g/mol. The lowest BCUT2D eigenvalue weighted by molar-refractivity contribution is -0.139. The second-order valence-corrected chi connectivity index (χ2v) is 26.1. The fraction of sp³-hybridized carbons (Fsp3) is 0.894. The molecule has 13 nitrogen and oxygen atoms in total. The standard InChI is InChI=1S/C66H116N4O9/c1-7-9-10-11-12-13-14-15-16-17-18-19-20-21-25-28-61(73)68-54-36-38-65(4)53(45-54)31-32-57-59-34-33-58(66(59,5)39-37-60(57)65)51(3)30-35-63(75)69(48-62(74)67-40-41-79-43-42-78-8-2)47-56(72)27-24-22-23-26-29-64(76)70-46-52(49-71)44-55(70)50-77-6/h15-16,51-55,57-60,71H,7-14,17-50H2,1-6H3,(H,67,74)(H,68,73)/b16-15-/t51-,52-,53?,54+,55+,57?,58-,59?,60?,65+,66-/m1/s1. The third-order valence-electron chi connectivity index (χ3n) is 20.5. The summed E-state index contributed by atoms with van der Waals surface area (Å²) in [7, 11) is 1.64. The van der Waals surface area contributed by atoms with Crippen molar-refractivity contribution in [2.75, 3.05) is 72.9 Å². The van der Waals surface area contributed by atoms with E-state index in [1.54, 1.807) is 7.11 Å².